The van der Waals surface area contributed by atoms with Crippen molar-refractivity contribution in [2.75, 3.05) is 7.11 Å². The van der Waals surface area contributed by atoms with Crippen LogP contribution in [0.2, 0.25) is 0 Å². The van der Waals surface area contributed by atoms with Crippen LogP contribution in [0.15, 0.2) is 54.3 Å². The number of benzene rings is 2. The van der Waals surface area contributed by atoms with E-state index in [2.05, 4.69) is 6.92 Å². The van der Waals surface area contributed by atoms with E-state index in [1.165, 1.54) is 0 Å². The van der Waals surface area contributed by atoms with E-state index in [9.17, 15) is 29.4 Å². The number of hydrogen-bond donors (Lipinski definition) is 2. The van der Waals surface area contributed by atoms with Crippen molar-refractivity contribution in [3.63, 3.8) is 0 Å². The summed E-state index contributed by atoms with van der Waals surface area (Å²) in [5.74, 6) is -3.51. The van der Waals surface area contributed by atoms with E-state index < -0.39 is 59.6 Å². The maximum Gasteiger partial charge on any atom is 0.357 e. The first-order valence-electron chi connectivity index (χ1n) is 14.7. The van der Waals surface area contributed by atoms with Crippen LogP contribution < -0.4 is 9.47 Å². The van der Waals surface area contributed by atoms with Crippen molar-refractivity contribution >= 4 is 23.9 Å². The third-order valence-electron chi connectivity index (χ3n) is 9.49. The third kappa shape index (κ3) is 4.70. The van der Waals surface area contributed by atoms with Crippen LogP contribution >= 0.6 is 0 Å². The van der Waals surface area contributed by atoms with Gasteiger partial charge in [-0.15, -0.1) is 0 Å². The highest BCUT2D eigenvalue weighted by Gasteiger charge is 2.69. The minimum atomic E-state index is -1.79. The Balaban J connectivity index is 1.34. The maximum absolute atomic E-state index is 13.9. The van der Waals surface area contributed by atoms with Crippen LogP contribution in [0.5, 0.6) is 11.5 Å². The van der Waals surface area contributed by atoms with Gasteiger partial charge in [-0.1, -0.05) is 43.3 Å². The number of carboxylic acid groups (broad SMARTS) is 1. The van der Waals surface area contributed by atoms with Gasteiger partial charge >= 0.3 is 23.9 Å². The summed E-state index contributed by atoms with van der Waals surface area (Å²) >= 11 is 0. The van der Waals surface area contributed by atoms with Crippen molar-refractivity contribution in [3.8, 4) is 11.5 Å². The summed E-state index contributed by atoms with van der Waals surface area (Å²) in [7, 11) is 1.55. The minimum Gasteiger partial charge on any atom is -0.493 e. The van der Waals surface area contributed by atoms with Gasteiger partial charge in [-0.25, -0.2) is 9.59 Å². The number of carbonyl (C=O) groups is 4. The number of carboxylic acids is 1. The molecule has 7 atom stereocenters. The second-order valence-electron chi connectivity index (χ2n) is 12.0. The van der Waals surface area contributed by atoms with E-state index in [-0.39, 0.29) is 24.0 Å². The first kappa shape index (κ1) is 29.7. The van der Waals surface area contributed by atoms with Crippen molar-refractivity contribution in [1.82, 2.24) is 0 Å². The second-order valence-corrected chi connectivity index (χ2v) is 12.0. The highest BCUT2D eigenvalue weighted by molar-refractivity contribution is 5.85. The van der Waals surface area contributed by atoms with Crippen LogP contribution in [0.3, 0.4) is 0 Å². The number of methoxy groups -OCH3 is 1. The lowest BCUT2D eigenvalue weighted by Crippen LogP contribution is -2.58. The second kappa shape index (κ2) is 11.0. The summed E-state index contributed by atoms with van der Waals surface area (Å²) in [6.45, 7) is 3.15. The topological polar surface area (TPSA) is 155 Å². The fourth-order valence-electron chi connectivity index (χ4n) is 7.56. The van der Waals surface area contributed by atoms with Crippen molar-refractivity contribution in [1.29, 1.82) is 0 Å². The third-order valence-corrected chi connectivity index (χ3v) is 9.49. The molecule has 1 aliphatic heterocycles. The molecule has 1 saturated carbocycles. The summed E-state index contributed by atoms with van der Waals surface area (Å²) in [5, 5.41) is 21.7. The molecule has 2 N–H and O–H groups in total. The number of hydrogen-bond acceptors (Lipinski definition) is 10. The molecule has 1 fully saturated rings. The van der Waals surface area contributed by atoms with E-state index in [0.29, 0.717) is 36.3 Å². The van der Waals surface area contributed by atoms with Gasteiger partial charge in [-0.3, -0.25) is 9.59 Å². The standard InChI is InChI=1S/C33H34O11/c1-17-11-14-33-24(12-13-32(39)21(17)15-20-9-10-22(40-3)28(44-33)26(20)29(32)33)42-31(38)27(19-7-5-4-6-8-19)43-25(35)16-23(30(36)37)41-18(2)34/h4-10,12,17,21,23,27,29,39H,11,13-16H2,1-3H3,(H,36,37)/t17?,21-,23-,27-,29?,32+,33?/m0/s1. The molecule has 3 aliphatic carbocycles. The van der Waals surface area contributed by atoms with Gasteiger partial charge in [0.15, 0.2) is 17.1 Å². The number of carbonyl (C=O) groups excluding carboxylic acids is 3. The molecule has 4 bridgehead atoms. The molecule has 11 heteroatoms. The molecule has 0 radical (unpaired) electrons. The van der Waals surface area contributed by atoms with Crippen LogP contribution in [-0.2, 0) is 39.8 Å². The first-order valence-corrected chi connectivity index (χ1v) is 14.7. The van der Waals surface area contributed by atoms with E-state index in [1.807, 2.05) is 12.1 Å². The van der Waals surface area contributed by atoms with E-state index in [4.69, 9.17) is 23.7 Å². The zero-order valence-corrected chi connectivity index (χ0v) is 24.6. The summed E-state index contributed by atoms with van der Waals surface area (Å²) < 4.78 is 28.7. The summed E-state index contributed by atoms with van der Waals surface area (Å²) in [5.41, 5.74) is -0.102. The maximum atomic E-state index is 13.9. The summed E-state index contributed by atoms with van der Waals surface area (Å²) in [6, 6.07) is 12.0. The quantitative estimate of drug-likeness (QED) is 0.317. The minimum absolute atomic E-state index is 0.0317. The molecule has 0 spiro atoms. The molecule has 2 aromatic carbocycles. The van der Waals surface area contributed by atoms with Gasteiger partial charge in [0.2, 0.25) is 12.2 Å². The van der Waals surface area contributed by atoms with Crippen molar-refractivity contribution < 1.29 is 53.1 Å². The smallest absolute Gasteiger partial charge is 0.357 e. The van der Waals surface area contributed by atoms with Crippen LogP contribution in [0.1, 0.15) is 68.2 Å². The molecule has 0 amide bonds. The predicted molar refractivity (Wildman–Crippen MR) is 152 cm³/mol. The Hall–Kier alpha value is -4.38. The van der Waals surface area contributed by atoms with Gasteiger partial charge in [0.05, 0.1) is 25.0 Å². The van der Waals surface area contributed by atoms with Gasteiger partial charge in [0.25, 0.3) is 0 Å². The Morgan fingerprint density at radius 1 is 1.09 bits per heavy atom. The lowest BCUT2D eigenvalue weighted by atomic mass is 9.57. The van der Waals surface area contributed by atoms with E-state index >= 15 is 0 Å². The van der Waals surface area contributed by atoms with E-state index in [1.54, 1.807) is 43.5 Å². The average molecular weight is 607 g/mol. The molecule has 3 unspecified atom stereocenters. The Kier molecular flexibility index (Phi) is 7.39. The number of esters is 3. The molecule has 1 heterocycles. The Morgan fingerprint density at radius 3 is 2.52 bits per heavy atom. The van der Waals surface area contributed by atoms with Crippen LogP contribution in [0, 0.1) is 11.8 Å². The zero-order valence-electron chi connectivity index (χ0n) is 24.6. The average Bonchev–Trinajstić information content (AvgIpc) is 3.36. The fraction of sp³-hybridized carbons (Fsp3) is 0.455. The molecule has 11 nitrogen and oxygen atoms in total. The first-order chi connectivity index (χ1) is 21.0. The van der Waals surface area contributed by atoms with Crippen LogP contribution in [0.4, 0.5) is 0 Å². The summed E-state index contributed by atoms with van der Waals surface area (Å²) in [4.78, 5) is 49.7. The fourth-order valence-corrected chi connectivity index (χ4v) is 7.56. The molecule has 44 heavy (non-hydrogen) atoms. The lowest BCUT2D eigenvalue weighted by Gasteiger charge is -2.51. The largest absolute Gasteiger partial charge is 0.493 e. The van der Waals surface area contributed by atoms with Gasteiger partial charge < -0.3 is 33.9 Å². The Labute approximate surface area is 253 Å². The number of aliphatic hydroxyl groups is 1. The van der Waals surface area contributed by atoms with Gasteiger partial charge in [0, 0.05) is 18.1 Å². The van der Waals surface area contributed by atoms with E-state index in [0.717, 1.165) is 18.1 Å². The lowest BCUT2D eigenvalue weighted by molar-refractivity contribution is -0.175. The van der Waals surface area contributed by atoms with Crippen molar-refractivity contribution in [3.05, 3.63) is 71.0 Å². The highest BCUT2D eigenvalue weighted by Crippen LogP contribution is 2.68. The number of aliphatic carboxylic acids is 1. The van der Waals surface area contributed by atoms with Crippen molar-refractivity contribution in [2.24, 2.45) is 11.8 Å². The van der Waals surface area contributed by atoms with Crippen molar-refractivity contribution in [2.45, 2.75) is 75.3 Å². The SMILES string of the molecule is COc1ccc2c3c1OC14CCC(C)[C@H](C2)[C@](O)(CC=C1OC(=O)[C@@H](OC(=O)C[C@H](OC(C)=O)C(=O)O)c1ccccc1)C34. The Morgan fingerprint density at radius 2 is 1.84 bits per heavy atom. The normalized spacial score (nSPS) is 28.7. The highest BCUT2D eigenvalue weighted by atomic mass is 16.6. The number of ether oxygens (including phenoxy) is 5. The molecule has 232 valence electrons. The van der Waals surface area contributed by atoms with Crippen LogP contribution in [0.25, 0.3) is 0 Å². The summed E-state index contributed by atoms with van der Waals surface area (Å²) in [6.07, 6.45) is -0.358. The molecule has 4 aliphatic rings. The molecule has 0 saturated heterocycles. The monoisotopic (exact) mass is 606 g/mol. The molecular formula is C33H34O11. The van der Waals surface area contributed by atoms with Gasteiger partial charge in [-0.05, 0) is 55.2 Å². The molecule has 0 aromatic heterocycles. The van der Waals surface area contributed by atoms with Crippen LogP contribution in [-0.4, -0.2) is 58.5 Å². The molecule has 6 rings (SSSR count). The predicted octanol–water partition coefficient (Wildman–Crippen LogP) is 3.77. The zero-order chi connectivity index (χ0) is 31.4. The van der Waals surface area contributed by atoms with Gasteiger partial charge in [-0.2, -0.15) is 0 Å². The van der Waals surface area contributed by atoms with Gasteiger partial charge in [0.1, 0.15) is 5.76 Å². The molecular weight excluding hydrogens is 572 g/mol. The Bertz CT molecular complexity index is 1550. The molecule has 2 aromatic rings. The number of rotatable bonds is 9.